The van der Waals surface area contributed by atoms with Gasteiger partial charge in [0.15, 0.2) is 0 Å². The maximum Gasteiger partial charge on any atom is 0.259 e. The van der Waals surface area contributed by atoms with Gasteiger partial charge in [-0.05, 0) is 69.9 Å². The first-order valence-corrected chi connectivity index (χ1v) is 9.75. The van der Waals surface area contributed by atoms with Crippen LogP contribution in [0.4, 0.5) is 11.4 Å². The topological polar surface area (TPSA) is 103 Å². The molecule has 1 heterocycles. The van der Waals surface area contributed by atoms with Gasteiger partial charge in [-0.15, -0.1) is 0 Å². The Morgan fingerprint density at radius 3 is 2.70 bits per heavy atom. The van der Waals surface area contributed by atoms with Crippen LogP contribution in [0, 0.1) is 6.92 Å². The number of ketones is 1. The van der Waals surface area contributed by atoms with E-state index in [1.807, 2.05) is 21.0 Å². The number of carbonyl (C=O) groups is 3. The number of rotatable bonds is 7. The molecule has 2 amide bonds. The zero-order valence-corrected chi connectivity index (χ0v) is 17.3. The standard InChI is InChI=1S/C22H25N5O3/c1-14-11-15(21(29)23-9-6-10-27(2)3)13-16(12-14)25-26-19-20(28)17-7-4-5-8-18(17)24-22(19)30/h4-5,7-8,11-13,19H,6,9-10H2,1-3H3,(H,23,29)(H,24,30). The van der Waals surface area contributed by atoms with Crippen LogP contribution in [-0.2, 0) is 4.79 Å². The van der Waals surface area contributed by atoms with E-state index in [2.05, 4.69) is 25.8 Å². The van der Waals surface area contributed by atoms with Gasteiger partial charge in [0.25, 0.3) is 11.8 Å². The van der Waals surface area contributed by atoms with Crippen molar-refractivity contribution in [2.24, 2.45) is 10.2 Å². The Morgan fingerprint density at radius 2 is 1.93 bits per heavy atom. The van der Waals surface area contributed by atoms with Crippen LogP contribution in [0.25, 0.3) is 0 Å². The quantitative estimate of drug-likeness (QED) is 0.418. The lowest BCUT2D eigenvalue weighted by Gasteiger charge is -2.19. The van der Waals surface area contributed by atoms with Crippen LogP contribution in [-0.4, -0.2) is 55.7 Å². The summed E-state index contributed by atoms with van der Waals surface area (Å²) in [4.78, 5) is 39.4. The zero-order chi connectivity index (χ0) is 21.7. The van der Waals surface area contributed by atoms with Crippen LogP contribution in [0.15, 0.2) is 52.7 Å². The van der Waals surface area contributed by atoms with Gasteiger partial charge in [-0.3, -0.25) is 14.4 Å². The highest BCUT2D eigenvalue weighted by atomic mass is 16.2. The van der Waals surface area contributed by atoms with Gasteiger partial charge in [-0.25, -0.2) is 0 Å². The lowest BCUT2D eigenvalue weighted by atomic mass is 9.98. The predicted octanol–water partition coefficient (Wildman–Crippen LogP) is 2.96. The van der Waals surface area contributed by atoms with Gasteiger partial charge >= 0.3 is 0 Å². The monoisotopic (exact) mass is 407 g/mol. The van der Waals surface area contributed by atoms with E-state index < -0.39 is 17.7 Å². The molecule has 1 aliphatic rings. The van der Waals surface area contributed by atoms with Gasteiger partial charge in [-0.2, -0.15) is 10.2 Å². The first-order chi connectivity index (χ1) is 14.3. The Hall–Kier alpha value is -3.39. The summed E-state index contributed by atoms with van der Waals surface area (Å²) in [5, 5.41) is 13.6. The normalized spacial score (nSPS) is 15.9. The van der Waals surface area contributed by atoms with E-state index in [1.54, 1.807) is 42.5 Å². The van der Waals surface area contributed by atoms with Crippen LogP contribution in [0.5, 0.6) is 0 Å². The van der Waals surface area contributed by atoms with E-state index in [1.165, 1.54) is 0 Å². The fourth-order valence-corrected chi connectivity index (χ4v) is 3.15. The van der Waals surface area contributed by atoms with Gasteiger partial charge in [0.2, 0.25) is 11.8 Å². The minimum absolute atomic E-state index is 0.200. The van der Waals surface area contributed by atoms with Crippen molar-refractivity contribution in [2.45, 2.75) is 19.4 Å². The molecule has 0 bridgehead atoms. The Bertz CT molecular complexity index is 1000. The maximum absolute atomic E-state index is 12.6. The van der Waals surface area contributed by atoms with Crippen LogP contribution >= 0.6 is 0 Å². The second kappa shape index (κ2) is 9.41. The smallest absolute Gasteiger partial charge is 0.259 e. The molecule has 8 heteroatoms. The van der Waals surface area contributed by atoms with E-state index >= 15 is 0 Å². The third kappa shape index (κ3) is 5.15. The summed E-state index contributed by atoms with van der Waals surface area (Å²) < 4.78 is 0. The number of azo groups is 1. The summed E-state index contributed by atoms with van der Waals surface area (Å²) in [7, 11) is 3.96. The van der Waals surface area contributed by atoms with Gasteiger partial charge < -0.3 is 15.5 Å². The van der Waals surface area contributed by atoms with Crippen LogP contribution in [0.2, 0.25) is 0 Å². The van der Waals surface area contributed by atoms with Gasteiger partial charge in [-0.1, -0.05) is 12.1 Å². The average Bonchev–Trinajstić information content (AvgIpc) is 2.70. The van der Waals surface area contributed by atoms with E-state index in [-0.39, 0.29) is 5.91 Å². The summed E-state index contributed by atoms with van der Waals surface area (Å²) in [5.74, 6) is -1.12. The van der Waals surface area contributed by atoms with Gasteiger partial charge in [0.1, 0.15) is 0 Å². The van der Waals surface area contributed by atoms with Crippen molar-refractivity contribution in [3.8, 4) is 0 Å². The van der Waals surface area contributed by atoms with E-state index in [0.29, 0.717) is 29.0 Å². The fraction of sp³-hybridized carbons (Fsp3) is 0.318. The summed E-state index contributed by atoms with van der Waals surface area (Å²) in [6.07, 6.45) is 0.845. The largest absolute Gasteiger partial charge is 0.352 e. The van der Waals surface area contributed by atoms with Crippen molar-refractivity contribution in [3.05, 3.63) is 59.2 Å². The highest BCUT2D eigenvalue weighted by molar-refractivity contribution is 6.23. The Morgan fingerprint density at radius 1 is 1.17 bits per heavy atom. The number of carbonyl (C=O) groups excluding carboxylic acids is 3. The lowest BCUT2D eigenvalue weighted by molar-refractivity contribution is -0.116. The second-order valence-electron chi connectivity index (χ2n) is 7.49. The molecule has 156 valence electrons. The number of hydrogen-bond acceptors (Lipinski definition) is 6. The molecule has 0 fully saturated rings. The number of Topliss-reactive ketones (excluding diaryl/α,β-unsaturated/α-hetero) is 1. The first-order valence-electron chi connectivity index (χ1n) is 9.75. The molecule has 0 spiro atoms. The fourth-order valence-electron chi connectivity index (χ4n) is 3.15. The number of hydrogen-bond donors (Lipinski definition) is 2. The molecule has 0 saturated carbocycles. The SMILES string of the molecule is Cc1cc(N=NC2C(=O)Nc3ccccc3C2=O)cc(C(=O)NCCCN(C)C)c1. The summed E-state index contributed by atoms with van der Waals surface area (Å²) in [6, 6.07) is 10.6. The molecule has 0 saturated heterocycles. The predicted molar refractivity (Wildman–Crippen MR) is 114 cm³/mol. The Kier molecular flexibility index (Phi) is 6.68. The molecule has 1 atom stereocenters. The molecular weight excluding hydrogens is 382 g/mol. The summed E-state index contributed by atoms with van der Waals surface area (Å²) in [5.41, 5.74) is 2.58. The summed E-state index contributed by atoms with van der Waals surface area (Å²) >= 11 is 0. The maximum atomic E-state index is 12.6. The van der Waals surface area contributed by atoms with Gasteiger partial charge in [0.05, 0.1) is 11.4 Å². The van der Waals surface area contributed by atoms with Crippen molar-refractivity contribution >= 4 is 29.0 Å². The van der Waals surface area contributed by atoms with Crippen LogP contribution < -0.4 is 10.6 Å². The number of nitrogens with one attached hydrogen (secondary N) is 2. The van der Waals surface area contributed by atoms with Crippen molar-refractivity contribution in [1.82, 2.24) is 10.2 Å². The van der Waals surface area contributed by atoms with Crippen molar-refractivity contribution in [2.75, 3.05) is 32.5 Å². The molecule has 0 aromatic heterocycles. The molecule has 2 aromatic rings. The Balaban J connectivity index is 1.72. The third-order valence-electron chi connectivity index (χ3n) is 4.63. The molecule has 0 aliphatic carbocycles. The molecule has 3 rings (SSSR count). The average molecular weight is 407 g/mol. The Labute approximate surface area is 175 Å². The zero-order valence-electron chi connectivity index (χ0n) is 17.3. The highest BCUT2D eigenvalue weighted by Gasteiger charge is 2.34. The number of fused-ring (bicyclic) bond motifs is 1. The molecule has 1 aliphatic heterocycles. The number of anilines is 1. The molecular formula is C22H25N5O3. The molecule has 8 nitrogen and oxygen atoms in total. The minimum atomic E-state index is -1.25. The molecule has 30 heavy (non-hydrogen) atoms. The highest BCUT2D eigenvalue weighted by Crippen LogP contribution is 2.25. The molecule has 0 radical (unpaired) electrons. The van der Waals surface area contributed by atoms with E-state index in [0.717, 1.165) is 18.5 Å². The number of aryl methyl sites for hydroxylation is 1. The lowest BCUT2D eigenvalue weighted by Crippen LogP contribution is -2.38. The number of benzene rings is 2. The van der Waals surface area contributed by atoms with Crippen LogP contribution in [0.3, 0.4) is 0 Å². The van der Waals surface area contributed by atoms with E-state index in [4.69, 9.17) is 0 Å². The van der Waals surface area contributed by atoms with E-state index in [9.17, 15) is 14.4 Å². The first kappa shape index (κ1) is 21.3. The van der Waals surface area contributed by atoms with Crippen molar-refractivity contribution in [3.63, 3.8) is 0 Å². The number of para-hydroxylation sites is 1. The van der Waals surface area contributed by atoms with Gasteiger partial charge in [0, 0.05) is 17.7 Å². The third-order valence-corrected chi connectivity index (χ3v) is 4.63. The summed E-state index contributed by atoms with van der Waals surface area (Å²) in [6.45, 7) is 3.29. The van der Waals surface area contributed by atoms with Crippen LogP contribution in [0.1, 0.15) is 32.7 Å². The van der Waals surface area contributed by atoms with Crippen molar-refractivity contribution < 1.29 is 14.4 Å². The van der Waals surface area contributed by atoms with Crippen molar-refractivity contribution in [1.29, 1.82) is 0 Å². The number of nitrogens with zero attached hydrogens (tertiary/aromatic N) is 3. The molecule has 1 unspecified atom stereocenters. The second-order valence-corrected chi connectivity index (χ2v) is 7.49. The molecule has 2 aromatic carbocycles. The number of amides is 2. The molecule has 2 N–H and O–H groups in total. The minimum Gasteiger partial charge on any atom is -0.352 e.